The van der Waals surface area contributed by atoms with Crippen molar-refractivity contribution in [2.75, 3.05) is 81.5 Å². The van der Waals surface area contributed by atoms with E-state index in [1.54, 1.807) is 14.2 Å². The topological polar surface area (TPSA) is 107 Å². The molecular weight excluding hydrogens is 590 g/mol. The van der Waals surface area contributed by atoms with Crippen LogP contribution < -0.4 is 23.7 Å². The van der Waals surface area contributed by atoms with Crippen LogP contribution in [-0.2, 0) is 9.59 Å². The maximum atomic E-state index is 13.9. The first kappa shape index (κ1) is 35.2. The molecule has 0 bridgehead atoms. The summed E-state index contributed by atoms with van der Waals surface area (Å²) in [5.74, 6) is 0.674. The van der Waals surface area contributed by atoms with E-state index in [-0.39, 0.29) is 25.9 Å². The Hall–Kier alpha value is -3.70. The van der Waals surface area contributed by atoms with Gasteiger partial charge in [0.1, 0.15) is 0 Å². The second-order valence-electron chi connectivity index (χ2n) is 13.2. The van der Waals surface area contributed by atoms with Gasteiger partial charge in [-0.15, -0.1) is 0 Å². The Kier molecular flexibility index (Phi) is 12.4. The zero-order valence-corrected chi connectivity index (χ0v) is 28.3. The molecule has 0 radical (unpaired) electrons. The van der Waals surface area contributed by atoms with Crippen molar-refractivity contribution in [1.82, 2.24) is 9.80 Å². The number of carboxylic acid groups (broad SMARTS) is 1. The van der Waals surface area contributed by atoms with Gasteiger partial charge in [-0.05, 0) is 55.5 Å². The molecule has 1 amide bonds. The van der Waals surface area contributed by atoms with Crippen LogP contribution in [0.15, 0.2) is 36.4 Å². The Morgan fingerprint density at radius 3 is 2.39 bits per heavy atom. The number of ether oxygens (including phenoxy) is 5. The number of unbranched alkanes of at least 4 members (excludes halogenated alkanes) is 2. The highest BCUT2D eigenvalue weighted by Crippen LogP contribution is 2.47. The SMILES string of the molecule is CCCCN(CCCC[N+](C)(C)C)C(=O)CN1CC(c2cc(OC)c3c(c2)OCO3)C(C(=O)O)C1CCOc1ccccc1OC. The molecule has 11 nitrogen and oxygen atoms in total. The standard InChI is InChI=1S/C35H51N3O8/c1-7-8-16-36(17-11-12-18-38(2,3)4)32(39)23-37-22-26(25-20-30(43-6)34-31(21-25)45-24-46-34)33(35(40)41)27(37)15-19-44-29-14-10-9-13-28(29)42-5/h9-10,13-14,20-21,26-27,33H,7-8,11-12,15-19,22-24H2,1-6H3/p+1. The van der Waals surface area contributed by atoms with Gasteiger partial charge in [-0.3, -0.25) is 14.5 Å². The van der Waals surface area contributed by atoms with Crippen molar-refractivity contribution in [2.45, 2.75) is 51.0 Å². The number of fused-ring (bicyclic) bond motifs is 1. The van der Waals surface area contributed by atoms with E-state index in [0.29, 0.717) is 54.8 Å². The molecule has 0 spiro atoms. The van der Waals surface area contributed by atoms with Gasteiger partial charge >= 0.3 is 5.97 Å². The number of nitrogens with zero attached hydrogens (tertiary/aromatic N) is 3. The number of likely N-dealkylation sites (tertiary alicyclic amines) is 1. The molecular formula is C35H52N3O8+. The van der Waals surface area contributed by atoms with Crippen LogP contribution in [0.4, 0.5) is 0 Å². The summed E-state index contributed by atoms with van der Waals surface area (Å²) in [5.41, 5.74) is 0.780. The van der Waals surface area contributed by atoms with E-state index in [4.69, 9.17) is 23.7 Å². The number of rotatable bonds is 18. The number of carbonyl (C=O) groups is 2. The first-order valence-electron chi connectivity index (χ1n) is 16.3. The summed E-state index contributed by atoms with van der Waals surface area (Å²) in [6.45, 7) is 5.43. The number of amides is 1. The van der Waals surface area contributed by atoms with E-state index >= 15 is 0 Å². The van der Waals surface area contributed by atoms with Crippen molar-refractivity contribution in [1.29, 1.82) is 0 Å². The molecule has 0 aliphatic carbocycles. The molecule has 254 valence electrons. The largest absolute Gasteiger partial charge is 0.493 e. The summed E-state index contributed by atoms with van der Waals surface area (Å²) < 4.78 is 29.3. The third kappa shape index (κ3) is 8.97. The van der Waals surface area contributed by atoms with Crippen LogP contribution in [-0.4, -0.2) is 119 Å². The Balaban J connectivity index is 1.58. The molecule has 46 heavy (non-hydrogen) atoms. The summed E-state index contributed by atoms with van der Waals surface area (Å²) in [6, 6.07) is 10.6. The van der Waals surface area contributed by atoms with Gasteiger partial charge in [0.25, 0.3) is 0 Å². The molecule has 1 fully saturated rings. The van der Waals surface area contributed by atoms with Crippen molar-refractivity contribution >= 4 is 11.9 Å². The Labute approximate surface area is 273 Å². The molecule has 1 saturated heterocycles. The van der Waals surface area contributed by atoms with Gasteiger partial charge in [0.2, 0.25) is 18.4 Å². The average molecular weight is 643 g/mol. The van der Waals surface area contributed by atoms with Crippen LogP contribution >= 0.6 is 0 Å². The minimum Gasteiger partial charge on any atom is -0.493 e. The first-order chi connectivity index (χ1) is 22.1. The van der Waals surface area contributed by atoms with Crippen molar-refractivity contribution < 1.29 is 42.9 Å². The zero-order chi connectivity index (χ0) is 33.3. The molecule has 3 unspecified atom stereocenters. The van der Waals surface area contributed by atoms with Gasteiger partial charge in [-0.2, -0.15) is 0 Å². The minimum absolute atomic E-state index is 0.0300. The number of methoxy groups -OCH3 is 2. The third-order valence-corrected chi connectivity index (χ3v) is 8.86. The highest BCUT2D eigenvalue weighted by molar-refractivity contribution is 5.79. The Morgan fingerprint density at radius 2 is 1.72 bits per heavy atom. The highest BCUT2D eigenvalue weighted by Gasteiger charge is 2.47. The van der Waals surface area contributed by atoms with Gasteiger partial charge in [0, 0.05) is 31.6 Å². The van der Waals surface area contributed by atoms with Crippen LogP contribution in [0, 0.1) is 5.92 Å². The first-order valence-corrected chi connectivity index (χ1v) is 16.3. The number of para-hydroxylation sites is 2. The molecule has 0 saturated carbocycles. The molecule has 4 rings (SSSR count). The molecule has 11 heteroatoms. The fraction of sp³-hybridized carbons (Fsp3) is 0.600. The van der Waals surface area contributed by atoms with Gasteiger partial charge in [0.05, 0.1) is 61.0 Å². The second kappa shape index (κ2) is 16.2. The summed E-state index contributed by atoms with van der Waals surface area (Å²) in [5, 5.41) is 10.6. The lowest BCUT2D eigenvalue weighted by molar-refractivity contribution is -0.870. The number of hydrogen-bond acceptors (Lipinski definition) is 8. The van der Waals surface area contributed by atoms with Crippen molar-refractivity contribution in [3.63, 3.8) is 0 Å². The lowest BCUT2D eigenvalue weighted by atomic mass is 9.84. The van der Waals surface area contributed by atoms with Gasteiger partial charge in [-0.1, -0.05) is 25.5 Å². The molecule has 2 aliphatic rings. The molecule has 0 aromatic heterocycles. The van der Waals surface area contributed by atoms with E-state index in [9.17, 15) is 14.7 Å². The monoisotopic (exact) mass is 642 g/mol. The van der Waals surface area contributed by atoms with Crippen LogP contribution in [0.25, 0.3) is 0 Å². The van der Waals surface area contributed by atoms with Crippen LogP contribution in [0.3, 0.4) is 0 Å². The lowest BCUT2D eigenvalue weighted by Crippen LogP contribution is -2.45. The molecule has 3 atom stereocenters. The lowest BCUT2D eigenvalue weighted by Gasteiger charge is -2.30. The Bertz CT molecular complexity index is 1310. The maximum Gasteiger partial charge on any atom is 0.308 e. The molecule has 2 aromatic carbocycles. The van der Waals surface area contributed by atoms with Crippen molar-refractivity contribution in [2.24, 2.45) is 5.92 Å². The molecule has 2 aliphatic heterocycles. The van der Waals surface area contributed by atoms with Crippen molar-refractivity contribution in [3.8, 4) is 28.7 Å². The Morgan fingerprint density at radius 1 is 1.00 bits per heavy atom. The van der Waals surface area contributed by atoms with E-state index in [2.05, 4.69) is 28.1 Å². The summed E-state index contributed by atoms with van der Waals surface area (Å²) >= 11 is 0. The van der Waals surface area contributed by atoms with Crippen molar-refractivity contribution in [3.05, 3.63) is 42.0 Å². The minimum atomic E-state index is -0.915. The summed E-state index contributed by atoms with van der Waals surface area (Å²) in [6.07, 6.45) is 4.29. The predicted molar refractivity (Wildman–Crippen MR) is 175 cm³/mol. The predicted octanol–water partition coefficient (Wildman–Crippen LogP) is 4.49. The average Bonchev–Trinajstić information content (AvgIpc) is 3.64. The summed E-state index contributed by atoms with van der Waals surface area (Å²) in [4.78, 5) is 30.9. The normalized spacial score (nSPS) is 19.2. The molecule has 2 aromatic rings. The van der Waals surface area contributed by atoms with Crippen LogP contribution in [0.5, 0.6) is 28.7 Å². The summed E-state index contributed by atoms with van der Waals surface area (Å²) in [7, 11) is 9.67. The number of carbonyl (C=O) groups excluding carboxylic acids is 1. The number of quaternary nitrogens is 1. The fourth-order valence-electron chi connectivity index (χ4n) is 6.45. The fourth-order valence-corrected chi connectivity index (χ4v) is 6.45. The van der Waals surface area contributed by atoms with E-state index in [1.165, 1.54) is 0 Å². The number of hydrogen-bond donors (Lipinski definition) is 1. The zero-order valence-electron chi connectivity index (χ0n) is 28.3. The van der Waals surface area contributed by atoms with E-state index < -0.39 is 23.8 Å². The highest BCUT2D eigenvalue weighted by atomic mass is 16.7. The van der Waals surface area contributed by atoms with Gasteiger partial charge in [0.15, 0.2) is 23.0 Å². The number of benzene rings is 2. The van der Waals surface area contributed by atoms with E-state index in [0.717, 1.165) is 42.3 Å². The smallest absolute Gasteiger partial charge is 0.308 e. The van der Waals surface area contributed by atoms with E-state index in [1.807, 2.05) is 46.2 Å². The number of aliphatic carboxylic acids is 1. The van der Waals surface area contributed by atoms with Gasteiger partial charge < -0.3 is 38.2 Å². The van der Waals surface area contributed by atoms with Crippen LogP contribution in [0.2, 0.25) is 0 Å². The third-order valence-electron chi connectivity index (χ3n) is 8.86. The second-order valence-corrected chi connectivity index (χ2v) is 13.2. The van der Waals surface area contributed by atoms with Crippen LogP contribution in [0.1, 0.15) is 50.5 Å². The van der Waals surface area contributed by atoms with Gasteiger partial charge in [-0.25, -0.2) is 0 Å². The maximum absolute atomic E-state index is 13.9. The molecule has 1 N–H and O–H groups in total. The number of carboxylic acids is 1. The quantitative estimate of drug-likeness (QED) is 0.186. The molecule has 2 heterocycles.